The van der Waals surface area contributed by atoms with Crippen LogP contribution in [-0.2, 0) is 11.3 Å². The molecule has 4 aromatic rings. The van der Waals surface area contributed by atoms with Crippen molar-refractivity contribution in [1.82, 2.24) is 29.5 Å². The average molecular weight is 352 g/mol. The Bertz CT molecular complexity index is 1050. The number of ether oxygens (including phenoxy) is 1. The minimum atomic E-state index is -0.393. The molecular weight excluding hydrogens is 335 g/mol. The largest absolute Gasteiger partial charge is 0.383 e. The van der Waals surface area contributed by atoms with Gasteiger partial charge in [-0.05, 0) is 31.2 Å². The molecule has 0 unspecified atom stereocenters. The maximum absolute atomic E-state index is 13.3. The molecule has 0 N–H and O–H groups in total. The molecule has 0 bridgehead atoms. The number of halogens is 1. The molecule has 132 valence electrons. The van der Waals surface area contributed by atoms with Crippen LogP contribution in [0, 0.1) is 12.7 Å². The fourth-order valence-corrected chi connectivity index (χ4v) is 2.74. The summed E-state index contributed by atoms with van der Waals surface area (Å²) in [6.07, 6.45) is 4.81. The molecule has 0 aromatic carbocycles. The Morgan fingerprint density at radius 3 is 2.81 bits per heavy atom. The topological polar surface area (TPSA) is 70.7 Å². The number of aromatic nitrogens is 6. The summed E-state index contributed by atoms with van der Waals surface area (Å²) in [5.74, 6) is -0.393. The third kappa shape index (κ3) is 2.95. The van der Waals surface area contributed by atoms with Gasteiger partial charge in [-0.2, -0.15) is 10.2 Å². The lowest BCUT2D eigenvalue weighted by Gasteiger charge is -2.03. The van der Waals surface area contributed by atoms with E-state index in [1.165, 1.54) is 12.3 Å². The van der Waals surface area contributed by atoms with Crippen LogP contribution in [-0.4, -0.2) is 43.2 Å². The monoisotopic (exact) mass is 352 g/mol. The third-order valence-corrected chi connectivity index (χ3v) is 4.02. The van der Waals surface area contributed by atoms with E-state index in [0.29, 0.717) is 24.5 Å². The second-order valence-corrected chi connectivity index (χ2v) is 5.90. The lowest BCUT2D eigenvalue weighted by molar-refractivity contribution is 0.183. The quantitative estimate of drug-likeness (QED) is 0.552. The molecule has 0 fully saturated rings. The van der Waals surface area contributed by atoms with Crippen molar-refractivity contribution in [3.63, 3.8) is 0 Å². The van der Waals surface area contributed by atoms with Crippen LogP contribution in [0.1, 0.15) is 5.69 Å². The highest BCUT2D eigenvalue weighted by Crippen LogP contribution is 2.26. The Balaban J connectivity index is 1.89. The molecule has 0 atom stereocenters. The van der Waals surface area contributed by atoms with Gasteiger partial charge in [-0.15, -0.1) is 0 Å². The lowest BCUT2D eigenvalue weighted by atomic mass is 10.2. The highest BCUT2D eigenvalue weighted by Gasteiger charge is 2.18. The van der Waals surface area contributed by atoms with Gasteiger partial charge in [0.1, 0.15) is 17.2 Å². The van der Waals surface area contributed by atoms with Crippen LogP contribution in [0.2, 0.25) is 0 Å². The summed E-state index contributed by atoms with van der Waals surface area (Å²) < 4.78 is 21.9. The Morgan fingerprint density at radius 1 is 1.15 bits per heavy atom. The Labute approximate surface area is 149 Å². The van der Waals surface area contributed by atoms with E-state index in [0.717, 1.165) is 22.4 Å². The first-order chi connectivity index (χ1) is 12.7. The van der Waals surface area contributed by atoms with Gasteiger partial charge in [-0.25, -0.2) is 14.1 Å². The van der Waals surface area contributed by atoms with E-state index in [1.807, 2.05) is 25.3 Å². The smallest absolute Gasteiger partial charge is 0.163 e. The summed E-state index contributed by atoms with van der Waals surface area (Å²) in [6.45, 7) is 3.03. The molecule has 0 aliphatic carbocycles. The van der Waals surface area contributed by atoms with Gasteiger partial charge in [0, 0.05) is 18.2 Å². The minimum absolute atomic E-state index is 0.393. The van der Waals surface area contributed by atoms with Gasteiger partial charge >= 0.3 is 0 Å². The first-order valence-electron chi connectivity index (χ1n) is 8.16. The molecule has 0 aliphatic rings. The van der Waals surface area contributed by atoms with Crippen LogP contribution in [0.25, 0.3) is 28.1 Å². The molecular formula is C18H17FN6O. The number of hydrogen-bond acceptors (Lipinski definition) is 5. The molecule has 0 amide bonds. The van der Waals surface area contributed by atoms with E-state index in [4.69, 9.17) is 4.74 Å². The molecule has 26 heavy (non-hydrogen) atoms. The Morgan fingerprint density at radius 2 is 2.04 bits per heavy atom. The normalized spacial score (nSPS) is 11.3. The second kappa shape index (κ2) is 6.64. The molecule has 0 saturated heterocycles. The predicted octanol–water partition coefficient (Wildman–Crippen LogP) is 2.77. The van der Waals surface area contributed by atoms with Gasteiger partial charge in [0.15, 0.2) is 5.65 Å². The van der Waals surface area contributed by atoms with Crippen molar-refractivity contribution < 1.29 is 9.13 Å². The van der Waals surface area contributed by atoms with Crippen molar-refractivity contribution >= 4 is 11.0 Å². The molecule has 0 aliphatic heterocycles. The van der Waals surface area contributed by atoms with Gasteiger partial charge in [0.25, 0.3) is 0 Å². The standard InChI is InChI=1S/C18H17FN6O/c1-12-3-4-13-9-21-25(18(13)22-12)16-11-24(7-8-26-2)23-17(16)15-6-5-14(19)10-20-15/h3-6,9-11H,7-8H2,1-2H3. The summed E-state index contributed by atoms with van der Waals surface area (Å²) >= 11 is 0. The van der Waals surface area contributed by atoms with Crippen LogP contribution in [0.4, 0.5) is 4.39 Å². The summed E-state index contributed by atoms with van der Waals surface area (Å²) in [5.41, 5.74) is 3.53. The number of hydrogen-bond donors (Lipinski definition) is 0. The van der Waals surface area contributed by atoms with Gasteiger partial charge in [0.2, 0.25) is 0 Å². The molecule has 7 nitrogen and oxygen atoms in total. The van der Waals surface area contributed by atoms with Gasteiger partial charge < -0.3 is 4.74 Å². The van der Waals surface area contributed by atoms with Crippen LogP contribution in [0.5, 0.6) is 0 Å². The molecule has 0 radical (unpaired) electrons. The summed E-state index contributed by atoms with van der Waals surface area (Å²) in [7, 11) is 1.64. The molecule has 4 heterocycles. The zero-order valence-corrected chi connectivity index (χ0v) is 14.4. The summed E-state index contributed by atoms with van der Waals surface area (Å²) in [6, 6.07) is 6.89. The van der Waals surface area contributed by atoms with Crippen LogP contribution >= 0.6 is 0 Å². The van der Waals surface area contributed by atoms with Crippen molar-refractivity contribution in [2.45, 2.75) is 13.5 Å². The molecule has 0 saturated carbocycles. The predicted molar refractivity (Wildman–Crippen MR) is 94.5 cm³/mol. The number of nitrogens with zero attached hydrogens (tertiary/aromatic N) is 6. The maximum Gasteiger partial charge on any atom is 0.163 e. The second-order valence-electron chi connectivity index (χ2n) is 5.90. The SMILES string of the molecule is COCCn1cc(-n2ncc3ccc(C)nc32)c(-c2ccc(F)cn2)n1. The zero-order chi connectivity index (χ0) is 18.1. The van der Waals surface area contributed by atoms with Gasteiger partial charge in [-0.1, -0.05) is 0 Å². The number of pyridine rings is 2. The first-order valence-corrected chi connectivity index (χ1v) is 8.16. The number of aryl methyl sites for hydroxylation is 1. The van der Waals surface area contributed by atoms with E-state index in [-0.39, 0.29) is 0 Å². The molecule has 8 heteroatoms. The number of methoxy groups -OCH3 is 1. The first kappa shape index (κ1) is 16.3. The average Bonchev–Trinajstić information content (AvgIpc) is 3.24. The van der Waals surface area contributed by atoms with E-state index in [2.05, 4.69) is 20.2 Å². The summed E-state index contributed by atoms with van der Waals surface area (Å²) in [5, 5.41) is 10.00. The molecule has 4 rings (SSSR count). The van der Waals surface area contributed by atoms with E-state index >= 15 is 0 Å². The zero-order valence-electron chi connectivity index (χ0n) is 14.4. The van der Waals surface area contributed by atoms with Crippen molar-refractivity contribution in [3.05, 3.63) is 54.4 Å². The highest BCUT2D eigenvalue weighted by atomic mass is 19.1. The molecule has 0 spiro atoms. The van der Waals surface area contributed by atoms with E-state index in [1.54, 1.807) is 28.7 Å². The fourth-order valence-electron chi connectivity index (χ4n) is 2.74. The Kier molecular flexibility index (Phi) is 4.18. The van der Waals surface area contributed by atoms with Gasteiger partial charge in [0.05, 0.1) is 37.4 Å². The van der Waals surface area contributed by atoms with Crippen molar-refractivity contribution in [2.24, 2.45) is 0 Å². The molecule has 4 aromatic heterocycles. The van der Waals surface area contributed by atoms with E-state index in [9.17, 15) is 4.39 Å². The fraction of sp³-hybridized carbons (Fsp3) is 0.222. The number of rotatable bonds is 5. The third-order valence-electron chi connectivity index (χ3n) is 4.02. The summed E-state index contributed by atoms with van der Waals surface area (Å²) in [4.78, 5) is 8.76. The Hall–Kier alpha value is -3.13. The van der Waals surface area contributed by atoms with Crippen LogP contribution < -0.4 is 0 Å². The van der Waals surface area contributed by atoms with Crippen molar-refractivity contribution in [2.75, 3.05) is 13.7 Å². The number of fused-ring (bicyclic) bond motifs is 1. The highest BCUT2D eigenvalue weighted by molar-refractivity contribution is 5.78. The van der Waals surface area contributed by atoms with Gasteiger partial charge in [-0.3, -0.25) is 9.67 Å². The van der Waals surface area contributed by atoms with Crippen molar-refractivity contribution in [1.29, 1.82) is 0 Å². The lowest BCUT2D eigenvalue weighted by Crippen LogP contribution is -2.04. The van der Waals surface area contributed by atoms with E-state index < -0.39 is 5.82 Å². The van der Waals surface area contributed by atoms with Crippen LogP contribution in [0.3, 0.4) is 0 Å². The maximum atomic E-state index is 13.3. The van der Waals surface area contributed by atoms with Crippen molar-refractivity contribution in [3.8, 4) is 17.1 Å². The minimum Gasteiger partial charge on any atom is -0.383 e. The van der Waals surface area contributed by atoms with Crippen LogP contribution in [0.15, 0.2) is 42.9 Å².